The number of benzene rings is 3. The standard InChI is InChI=1S/C22H15ClN2O4/c1-29-19-11-8-14(23)12-18(19)24-20(26)13-6-9-15(10-7-13)25-21(27)16-4-2-3-5-17(16)22(25)28/h2-12H,1H3,(H,24,26). The molecule has 0 radical (unpaired) electrons. The molecule has 3 aromatic rings. The van der Waals surface area contributed by atoms with Crippen molar-refractivity contribution >= 4 is 40.7 Å². The van der Waals surface area contributed by atoms with Gasteiger partial charge in [-0.2, -0.15) is 0 Å². The first-order valence-electron chi connectivity index (χ1n) is 8.72. The Labute approximate surface area is 171 Å². The fraction of sp³-hybridized carbons (Fsp3) is 0.0455. The van der Waals surface area contributed by atoms with Gasteiger partial charge in [0.2, 0.25) is 0 Å². The highest BCUT2D eigenvalue weighted by atomic mass is 35.5. The minimum atomic E-state index is -0.383. The van der Waals surface area contributed by atoms with Crippen LogP contribution in [0.5, 0.6) is 5.75 Å². The molecular weight excluding hydrogens is 392 g/mol. The molecular formula is C22H15ClN2O4. The van der Waals surface area contributed by atoms with Crippen molar-refractivity contribution in [3.05, 3.63) is 88.4 Å². The average Bonchev–Trinajstić information content (AvgIpc) is 2.99. The first-order chi connectivity index (χ1) is 14.0. The molecule has 0 spiro atoms. The number of hydrogen-bond donors (Lipinski definition) is 1. The maximum absolute atomic E-state index is 12.6. The Morgan fingerprint density at radius 3 is 2.14 bits per heavy atom. The zero-order valence-electron chi connectivity index (χ0n) is 15.3. The molecule has 1 N–H and O–H groups in total. The maximum Gasteiger partial charge on any atom is 0.266 e. The van der Waals surface area contributed by atoms with E-state index in [2.05, 4.69) is 5.32 Å². The number of carbonyl (C=O) groups is 3. The first kappa shape index (κ1) is 18.7. The normalized spacial score (nSPS) is 12.7. The number of ether oxygens (including phenoxy) is 1. The van der Waals surface area contributed by atoms with Crippen molar-refractivity contribution in [3.8, 4) is 5.75 Å². The molecule has 29 heavy (non-hydrogen) atoms. The summed E-state index contributed by atoms with van der Waals surface area (Å²) in [6.45, 7) is 0. The smallest absolute Gasteiger partial charge is 0.266 e. The second kappa shape index (κ2) is 7.41. The lowest BCUT2D eigenvalue weighted by molar-refractivity contribution is 0.0925. The second-order valence-corrected chi connectivity index (χ2v) is 6.77. The quantitative estimate of drug-likeness (QED) is 0.651. The van der Waals surface area contributed by atoms with E-state index in [4.69, 9.17) is 16.3 Å². The number of imide groups is 1. The molecule has 0 saturated heterocycles. The van der Waals surface area contributed by atoms with Crippen LogP contribution >= 0.6 is 11.6 Å². The van der Waals surface area contributed by atoms with Gasteiger partial charge in [0.15, 0.2) is 0 Å². The van der Waals surface area contributed by atoms with Crippen LogP contribution in [-0.4, -0.2) is 24.8 Å². The van der Waals surface area contributed by atoms with Gasteiger partial charge >= 0.3 is 0 Å². The van der Waals surface area contributed by atoms with Gasteiger partial charge < -0.3 is 10.1 Å². The molecule has 4 rings (SSSR count). The predicted molar refractivity (Wildman–Crippen MR) is 110 cm³/mol. The lowest BCUT2D eigenvalue weighted by Crippen LogP contribution is -2.29. The van der Waals surface area contributed by atoms with E-state index >= 15 is 0 Å². The third kappa shape index (κ3) is 3.34. The Morgan fingerprint density at radius 2 is 1.55 bits per heavy atom. The molecule has 7 heteroatoms. The monoisotopic (exact) mass is 406 g/mol. The number of hydrogen-bond acceptors (Lipinski definition) is 4. The average molecular weight is 407 g/mol. The molecule has 3 aromatic carbocycles. The number of methoxy groups -OCH3 is 1. The van der Waals surface area contributed by atoms with Gasteiger partial charge in [-0.3, -0.25) is 14.4 Å². The van der Waals surface area contributed by atoms with Crippen LogP contribution < -0.4 is 15.0 Å². The van der Waals surface area contributed by atoms with Gasteiger partial charge in [-0.1, -0.05) is 23.7 Å². The molecule has 144 valence electrons. The Morgan fingerprint density at radius 1 is 0.931 bits per heavy atom. The number of amides is 3. The van der Waals surface area contributed by atoms with Gasteiger partial charge in [0, 0.05) is 10.6 Å². The van der Waals surface area contributed by atoms with E-state index in [1.165, 1.54) is 7.11 Å². The van der Waals surface area contributed by atoms with Crippen molar-refractivity contribution in [2.24, 2.45) is 0 Å². The SMILES string of the molecule is COc1ccc(Cl)cc1NC(=O)c1ccc(N2C(=O)c3ccccc3C2=O)cc1. The van der Waals surface area contributed by atoms with Crippen LogP contribution in [0.1, 0.15) is 31.1 Å². The van der Waals surface area contributed by atoms with Crippen molar-refractivity contribution in [1.82, 2.24) is 0 Å². The van der Waals surface area contributed by atoms with Crippen LogP contribution in [0.25, 0.3) is 0 Å². The van der Waals surface area contributed by atoms with Gasteiger partial charge in [-0.25, -0.2) is 4.90 Å². The van der Waals surface area contributed by atoms with Crippen LogP contribution in [0, 0.1) is 0 Å². The van der Waals surface area contributed by atoms with E-state index in [1.807, 2.05) is 0 Å². The number of nitrogens with one attached hydrogen (secondary N) is 1. The largest absolute Gasteiger partial charge is 0.495 e. The fourth-order valence-corrected chi connectivity index (χ4v) is 3.33. The van der Waals surface area contributed by atoms with Gasteiger partial charge in [-0.05, 0) is 54.6 Å². The number of carbonyl (C=O) groups excluding carboxylic acids is 3. The number of rotatable bonds is 4. The molecule has 0 fully saturated rings. The van der Waals surface area contributed by atoms with Crippen LogP contribution in [0.15, 0.2) is 66.7 Å². The molecule has 0 atom stereocenters. The number of halogens is 1. The molecule has 0 bridgehead atoms. The summed E-state index contributed by atoms with van der Waals surface area (Å²) < 4.78 is 5.22. The number of fused-ring (bicyclic) bond motifs is 1. The summed E-state index contributed by atoms with van der Waals surface area (Å²) in [6, 6.07) is 17.8. The van der Waals surface area contributed by atoms with Crippen molar-refractivity contribution in [2.45, 2.75) is 0 Å². The van der Waals surface area contributed by atoms with E-state index < -0.39 is 0 Å². The third-order valence-corrected chi connectivity index (χ3v) is 4.83. The fourth-order valence-electron chi connectivity index (χ4n) is 3.16. The molecule has 3 amide bonds. The molecule has 0 saturated carbocycles. The summed E-state index contributed by atoms with van der Waals surface area (Å²) >= 11 is 5.99. The van der Waals surface area contributed by atoms with E-state index in [1.54, 1.807) is 66.7 Å². The lowest BCUT2D eigenvalue weighted by Gasteiger charge is -2.15. The molecule has 6 nitrogen and oxygen atoms in total. The van der Waals surface area contributed by atoms with E-state index in [0.29, 0.717) is 38.8 Å². The highest BCUT2D eigenvalue weighted by Crippen LogP contribution is 2.30. The Kier molecular flexibility index (Phi) is 4.78. The van der Waals surface area contributed by atoms with Crippen LogP contribution in [-0.2, 0) is 0 Å². The van der Waals surface area contributed by atoms with Crippen LogP contribution in [0.3, 0.4) is 0 Å². The zero-order chi connectivity index (χ0) is 20.5. The molecule has 0 aliphatic carbocycles. The second-order valence-electron chi connectivity index (χ2n) is 6.34. The van der Waals surface area contributed by atoms with Crippen molar-refractivity contribution in [2.75, 3.05) is 17.3 Å². The highest BCUT2D eigenvalue weighted by Gasteiger charge is 2.36. The number of nitrogens with zero attached hydrogens (tertiary/aromatic N) is 1. The summed E-state index contributed by atoms with van der Waals surface area (Å²) in [4.78, 5) is 38.8. The van der Waals surface area contributed by atoms with Gasteiger partial charge in [0.1, 0.15) is 5.75 Å². The summed E-state index contributed by atoms with van der Waals surface area (Å²) in [5.41, 5.74) is 1.93. The highest BCUT2D eigenvalue weighted by molar-refractivity contribution is 6.34. The Bertz CT molecular complexity index is 1110. The minimum Gasteiger partial charge on any atom is -0.495 e. The summed E-state index contributed by atoms with van der Waals surface area (Å²) in [5.74, 6) is -0.664. The topological polar surface area (TPSA) is 75.7 Å². The molecule has 0 aromatic heterocycles. The molecule has 1 aliphatic heterocycles. The first-order valence-corrected chi connectivity index (χ1v) is 9.10. The van der Waals surface area contributed by atoms with Crippen molar-refractivity contribution < 1.29 is 19.1 Å². The van der Waals surface area contributed by atoms with Crippen molar-refractivity contribution in [3.63, 3.8) is 0 Å². The summed E-state index contributed by atoms with van der Waals surface area (Å²) in [7, 11) is 1.50. The van der Waals surface area contributed by atoms with Gasteiger partial charge in [-0.15, -0.1) is 0 Å². The van der Waals surface area contributed by atoms with E-state index in [0.717, 1.165) is 4.90 Å². The lowest BCUT2D eigenvalue weighted by atomic mass is 10.1. The van der Waals surface area contributed by atoms with Crippen LogP contribution in [0.2, 0.25) is 5.02 Å². The molecule has 0 unspecified atom stereocenters. The third-order valence-electron chi connectivity index (χ3n) is 4.59. The Hall–Kier alpha value is -3.64. The molecule has 1 aliphatic rings. The predicted octanol–water partition coefficient (Wildman–Crippen LogP) is 4.40. The van der Waals surface area contributed by atoms with Crippen LogP contribution in [0.4, 0.5) is 11.4 Å². The maximum atomic E-state index is 12.6. The summed E-state index contributed by atoms with van der Waals surface area (Å²) in [5, 5.41) is 3.20. The summed E-state index contributed by atoms with van der Waals surface area (Å²) in [6.07, 6.45) is 0. The van der Waals surface area contributed by atoms with Gasteiger partial charge in [0.25, 0.3) is 17.7 Å². The van der Waals surface area contributed by atoms with Crippen molar-refractivity contribution in [1.29, 1.82) is 0 Å². The van der Waals surface area contributed by atoms with E-state index in [9.17, 15) is 14.4 Å². The molecule has 1 heterocycles. The minimum absolute atomic E-state index is 0.354. The Balaban J connectivity index is 1.56. The van der Waals surface area contributed by atoms with Gasteiger partial charge in [0.05, 0.1) is 29.6 Å². The zero-order valence-corrected chi connectivity index (χ0v) is 16.1. The van der Waals surface area contributed by atoms with E-state index in [-0.39, 0.29) is 17.7 Å². The number of anilines is 2.